The molecule has 52 heavy (non-hydrogen) atoms. The first kappa shape index (κ1) is 37.2. The number of esters is 4. The van der Waals surface area contributed by atoms with Crippen LogP contribution in [0.5, 0.6) is 0 Å². The van der Waals surface area contributed by atoms with Crippen LogP contribution in [0.1, 0.15) is 50.9 Å². The van der Waals surface area contributed by atoms with Crippen LogP contribution in [0.25, 0.3) is 0 Å². The average molecular weight is 730 g/mol. The molecule has 5 aliphatic carbocycles. The molecule has 7 rings (SSSR count). The van der Waals surface area contributed by atoms with Gasteiger partial charge in [-0.1, -0.05) is 25.1 Å². The number of hydrogen-bond donors (Lipinski definition) is 1. The second-order valence-electron chi connectivity index (χ2n) is 15.6. The Morgan fingerprint density at radius 2 is 1.54 bits per heavy atom. The van der Waals surface area contributed by atoms with E-state index in [1.165, 1.54) is 27.9 Å². The van der Waals surface area contributed by atoms with Crippen LogP contribution in [-0.4, -0.2) is 136 Å². The third-order valence-corrected chi connectivity index (χ3v) is 13.7. The molecule has 1 N–H and O–H groups in total. The van der Waals surface area contributed by atoms with Crippen LogP contribution in [0, 0.1) is 34.5 Å². The van der Waals surface area contributed by atoms with E-state index in [4.69, 9.17) is 37.9 Å². The van der Waals surface area contributed by atoms with Gasteiger partial charge in [0.2, 0.25) is 0 Å². The fourth-order valence-corrected chi connectivity index (χ4v) is 13.1. The van der Waals surface area contributed by atoms with Crippen molar-refractivity contribution in [2.45, 2.75) is 94.4 Å². The molecular formula is C38H51NO13. The molecule has 1 spiro atoms. The molecule has 1 saturated heterocycles. The number of carbonyl (C=O) groups is 4. The normalized spacial score (nSPS) is 45.2. The monoisotopic (exact) mass is 729 g/mol. The molecule has 1 heterocycles. The van der Waals surface area contributed by atoms with E-state index in [2.05, 4.69) is 4.90 Å². The number of piperidine rings is 1. The Balaban J connectivity index is 1.57. The fourth-order valence-electron chi connectivity index (χ4n) is 13.1. The minimum atomic E-state index is -1.77. The van der Waals surface area contributed by atoms with Crippen LogP contribution < -0.4 is 0 Å². The summed E-state index contributed by atoms with van der Waals surface area (Å²) >= 11 is 0. The summed E-state index contributed by atoms with van der Waals surface area (Å²) in [5.41, 5.74) is -4.89. The first-order valence-electron chi connectivity index (χ1n) is 18.1. The number of rotatable bonds is 11. The van der Waals surface area contributed by atoms with Crippen molar-refractivity contribution in [1.29, 1.82) is 0 Å². The van der Waals surface area contributed by atoms with E-state index in [1.54, 1.807) is 51.7 Å². The lowest BCUT2D eigenvalue weighted by molar-refractivity contribution is -0.323. The Morgan fingerprint density at radius 3 is 2.10 bits per heavy atom. The summed E-state index contributed by atoms with van der Waals surface area (Å²) in [5.74, 6) is -5.09. The SMILES string of the molecule is CCN1CC2(COC)C(OC(C)=O)CC(OC)C34C5CC6(OC(C)=O)C(OC)C(O)C(OC(C)=O)(C5C6OC(=O)c5ccccc5)C(C(OC)C23)C14. The quantitative estimate of drug-likeness (QED) is 0.259. The molecule has 6 fully saturated rings. The van der Waals surface area contributed by atoms with Crippen LogP contribution in [-0.2, 0) is 52.3 Å². The van der Waals surface area contributed by atoms with Gasteiger partial charge in [0.1, 0.15) is 18.3 Å². The molecule has 15 unspecified atom stereocenters. The number of nitrogens with zero attached hydrogens (tertiary/aromatic N) is 1. The number of ether oxygens (including phenoxy) is 8. The highest BCUT2D eigenvalue weighted by Crippen LogP contribution is 2.81. The molecule has 0 aromatic heterocycles. The highest BCUT2D eigenvalue weighted by atomic mass is 16.6. The summed E-state index contributed by atoms with van der Waals surface area (Å²) in [6.45, 7) is 7.17. The molecule has 7 bridgehead atoms. The lowest BCUT2D eigenvalue weighted by atomic mass is 9.42. The summed E-state index contributed by atoms with van der Waals surface area (Å²) in [7, 11) is 6.24. The van der Waals surface area contributed by atoms with Crippen LogP contribution in [0.15, 0.2) is 30.3 Å². The lowest BCUT2D eigenvalue weighted by Crippen LogP contribution is -2.82. The Morgan fingerprint density at radius 1 is 0.846 bits per heavy atom. The Hall–Kier alpha value is -3.14. The molecular weight excluding hydrogens is 678 g/mol. The van der Waals surface area contributed by atoms with Crippen LogP contribution in [0.2, 0.25) is 0 Å². The third kappa shape index (κ3) is 4.57. The number of likely N-dealkylation sites (tertiary alicyclic amines) is 1. The van der Waals surface area contributed by atoms with Gasteiger partial charge in [0.05, 0.1) is 24.4 Å². The largest absolute Gasteiger partial charge is 0.462 e. The Bertz CT molecular complexity index is 1590. The van der Waals surface area contributed by atoms with Crippen molar-refractivity contribution in [2.75, 3.05) is 48.1 Å². The van der Waals surface area contributed by atoms with E-state index in [-0.39, 0.29) is 18.6 Å². The maximum absolute atomic E-state index is 14.1. The van der Waals surface area contributed by atoms with Gasteiger partial charge in [0, 0.05) is 96.8 Å². The molecule has 5 saturated carbocycles. The molecule has 1 aromatic rings. The molecule has 15 atom stereocenters. The van der Waals surface area contributed by atoms with Crippen molar-refractivity contribution in [3.63, 3.8) is 0 Å². The van der Waals surface area contributed by atoms with Crippen molar-refractivity contribution in [3.05, 3.63) is 35.9 Å². The van der Waals surface area contributed by atoms with Crippen molar-refractivity contribution < 1.29 is 62.2 Å². The van der Waals surface area contributed by atoms with Crippen LogP contribution in [0.3, 0.4) is 0 Å². The van der Waals surface area contributed by atoms with Crippen LogP contribution >= 0.6 is 0 Å². The van der Waals surface area contributed by atoms with Gasteiger partial charge in [-0.2, -0.15) is 0 Å². The zero-order valence-corrected chi connectivity index (χ0v) is 31.1. The predicted octanol–water partition coefficient (Wildman–Crippen LogP) is 1.79. The third-order valence-electron chi connectivity index (χ3n) is 13.7. The van der Waals surface area contributed by atoms with Gasteiger partial charge in [-0.05, 0) is 31.0 Å². The van der Waals surface area contributed by atoms with E-state index in [9.17, 15) is 24.3 Å². The van der Waals surface area contributed by atoms with Gasteiger partial charge >= 0.3 is 23.9 Å². The molecule has 0 radical (unpaired) electrons. The van der Waals surface area contributed by atoms with Gasteiger partial charge in [0.15, 0.2) is 17.3 Å². The average Bonchev–Trinajstić information content (AvgIpc) is 3.49. The van der Waals surface area contributed by atoms with Gasteiger partial charge in [0.25, 0.3) is 0 Å². The molecule has 6 aliphatic rings. The number of aliphatic hydroxyl groups is 1. The fraction of sp³-hybridized carbons (Fsp3) is 0.737. The highest BCUT2D eigenvalue weighted by Gasteiger charge is 2.93. The van der Waals surface area contributed by atoms with Crippen molar-refractivity contribution in [3.8, 4) is 0 Å². The minimum absolute atomic E-state index is 0.0808. The second kappa shape index (κ2) is 13.0. The number of aliphatic hydroxyl groups excluding tert-OH is 1. The lowest BCUT2D eigenvalue weighted by Gasteiger charge is -2.70. The number of methoxy groups -OCH3 is 4. The van der Waals surface area contributed by atoms with E-state index in [1.807, 2.05) is 6.92 Å². The Kier molecular flexibility index (Phi) is 9.31. The number of benzene rings is 1. The van der Waals surface area contributed by atoms with Crippen molar-refractivity contribution in [1.82, 2.24) is 4.90 Å². The van der Waals surface area contributed by atoms with Gasteiger partial charge in [-0.15, -0.1) is 0 Å². The molecule has 14 nitrogen and oxygen atoms in total. The molecule has 1 aromatic carbocycles. The van der Waals surface area contributed by atoms with Gasteiger partial charge in [-0.3, -0.25) is 19.3 Å². The summed E-state index contributed by atoms with van der Waals surface area (Å²) in [6.07, 6.45) is -5.57. The minimum Gasteiger partial charge on any atom is -0.462 e. The zero-order chi connectivity index (χ0) is 37.5. The summed E-state index contributed by atoms with van der Waals surface area (Å²) in [6, 6.07) is 8.05. The van der Waals surface area contributed by atoms with Crippen molar-refractivity contribution in [2.24, 2.45) is 34.5 Å². The molecule has 1 aliphatic heterocycles. The second-order valence-corrected chi connectivity index (χ2v) is 15.6. The topological polar surface area (TPSA) is 166 Å². The maximum atomic E-state index is 14.1. The van der Waals surface area contributed by atoms with Gasteiger partial charge in [-0.25, -0.2) is 4.79 Å². The predicted molar refractivity (Wildman–Crippen MR) is 180 cm³/mol. The zero-order valence-electron chi connectivity index (χ0n) is 31.1. The van der Waals surface area contributed by atoms with E-state index >= 15 is 0 Å². The van der Waals surface area contributed by atoms with Crippen molar-refractivity contribution >= 4 is 23.9 Å². The molecule has 286 valence electrons. The molecule has 14 heteroatoms. The van der Waals surface area contributed by atoms with E-state index in [0.717, 1.165) is 0 Å². The Labute approximate surface area is 303 Å². The number of carbonyl (C=O) groups excluding carboxylic acids is 4. The number of fused-ring (bicyclic) bond motifs is 2. The molecule has 0 amide bonds. The van der Waals surface area contributed by atoms with Gasteiger partial charge < -0.3 is 43.0 Å². The van der Waals surface area contributed by atoms with Crippen LogP contribution in [0.4, 0.5) is 0 Å². The summed E-state index contributed by atoms with van der Waals surface area (Å²) < 4.78 is 50.8. The first-order chi connectivity index (χ1) is 24.8. The van der Waals surface area contributed by atoms with E-state index < -0.39 is 112 Å². The summed E-state index contributed by atoms with van der Waals surface area (Å²) in [5, 5.41) is 12.9. The smallest absolute Gasteiger partial charge is 0.338 e. The number of hydrogen-bond acceptors (Lipinski definition) is 14. The van der Waals surface area contributed by atoms with E-state index in [0.29, 0.717) is 19.5 Å². The first-order valence-corrected chi connectivity index (χ1v) is 18.1. The summed E-state index contributed by atoms with van der Waals surface area (Å²) in [4.78, 5) is 55.9. The maximum Gasteiger partial charge on any atom is 0.338 e. The standard InChI is InChI=1S/C38H51NO13/c1-9-39-17-35(18-45-5)24(49-19(2)40)15-25(46-6)37-23-16-36(51-20(3)41)32(50-34(44)22-13-11-10-12-14-22)26(23)38(52-21(4)42,31(43)33(36)48-8)27(30(37)39)28(47-7)29(35)37/h10-14,23-33,43H,9,15-18H2,1-8H3. The highest BCUT2D eigenvalue weighted by molar-refractivity contribution is 5.89.